The molecule has 4 heteroatoms. The van der Waals surface area contributed by atoms with E-state index in [0.29, 0.717) is 31.1 Å². The molecule has 0 aromatic heterocycles. The van der Waals surface area contributed by atoms with Gasteiger partial charge in [-0.05, 0) is 64.7 Å². The first kappa shape index (κ1) is 26.8. The van der Waals surface area contributed by atoms with Crippen molar-refractivity contribution < 1.29 is 14.3 Å². The van der Waals surface area contributed by atoms with Gasteiger partial charge in [-0.3, -0.25) is 4.79 Å². The highest BCUT2D eigenvalue weighted by atomic mass is 16.5. The molecule has 0 unspecified atom stereocenters. The number of hydrogen-bond acceptors (Lipinski definition) is 3. The average Bonchev–Trinajstić information content (AvgIpc) is 2.74. The zero-order chi connectivity index (χ0) is 22.9. The molecule has 0 heterocycles. The van der Waals surface area contributed by atoms with Crippen LogP contribution in [0, 0.1) is 0 Å². The maximum atomic E-state index is 12.6. The molecule has 0 saturated heterocycles. The van der Waals surface area contributed by atoms with Crippen molar-refractivity contribution >= 4 is 5.91 Å². The van der Waals surface area contributed by atoms with Crippen LogP contribution >= 0.6 is 0 Å². The van der Waals surface area contributed by atoms with Crippen LogP contribution in [-0.2, 0) is 0 Å². The van der Waals surface area contributed by atoms with Crippen molar-refractivity contribution in [2.75, 3.05) is 19.8 Å². The number of benzene rings is 1. The van der Waals surface area contributed by atoms with E-state index in [-0.39, 0.29) is 5.91 Å². The summed E-state index contributed by atoms with van der Waals surface area (Å²) in [7, 11) is 0. The SMILES string of the molecule is CCCCCOc1ccc(C(=O)NC/C=C(\C)CCC=C(C)C)cc1OCCCCC. The van der Waals surface area contributed by atoms with Crippen molar-refractivity contribution in [2.24, 2.45) is 0 Å². The molecule has 4 nitrogen and oxygen atoms in total. The zero-order valence-electron chi connectivity index (χ0n) is 20.4. The van der Waals surface area contributed by atoms with E-state index in [9.17, 15) is 4.79 Å². The predicted octanol–water partition coefficient (Wildman–Crippen LogP) is 7.25. The Kier molecular flexibility index (Phi) is 14.2. The van der Waals surface area contributed by atoms with E-state index in [2.05, 4.69) is 52.1 Å². The second kappa shape index (κ2) is 16.5. The lowest BCUT2D eigenvalue weighted by Crippen LogP contribution is -2.23. The molecule has 174 valence electrons. The summed E-state index contributed by atoms with van der Waals surface area (Å²) in [5.41, 5.74) is 3.22. The van der Waals surface area contributed by atoms with Crippen LogP contribution in [0.4, 0.5) is 0 Å². The quantitative estimate of drug-likeness (QED) is 0.222. The van der Waals surface area contributed by atoms with Crippen molar-refractivity contribution in [2.45, 2.75) is 86.0 Å². The minimum absolute atomic E-state index is 0.0933. The number of allylic oxidation sites excluding steroid dienone is 3. The highest BCUT2D eigenvalue weighted by Crippen LogP contribution is 2.29. The van der Waals surface area contributed by atoms with Gasteiger partial charge in [0.05, 0.1) is 13.2 Å². The summed E-state index contributed by atoms with van der Waals surface area (Å²) in [6.07, 6.45) is 13.0. The van der Waals surface area contributed by atoms with Gasteiger partial charge >= 0.3 is 0 Å². The van der Waals surface area contributed by atoms with Gasteiger partial charge in [0.15, 0.2) is 11.5 Å². The fourth-order valence-corrected chi connectivity index (χ4v) is 3.06. The third-order valence-electron chi connectivity index (χ3n) is 5.02. The van der Waals surface area contributed by atoms with Crippen LogP contribution in [0.15, 0.2) is 41.5 Å². The molecule has 1 aromatic rings. The van der Waals surface area contributed by atoms with E-state index < -0.39 is 0 Å². The topological polar surface area (TPSA) is 47.6 Å². The molecule has 0 aliphatic heterocycles. The molecule has 0 fully saturated rings. The van der Waals surface area contributed by atoms with Gasteiger partial charge in [-0.25, -0.2) is 0 Å². The fourth-order valence-electron chi connectivity index (χ4n) is 3.06. The summed E-state index contributed by atoms with van der Waals surface area (Å²) in [6, 6.07) is 5.48. The summed E-state index contributed by atoms with van der Waals surface area (Å²) in [6.45, 7) is 12.5. The first-order valence-corrected chi connectivity index (χ1v) is 11.9. The van der Waals surface area contributed by atoms with Crippen molar-refractivity contribution in [3.05, 3.63) is 47.1 Å². The molecular weight excluding hydrogens is 386 g/mol. The van der Waals surface area contributed by atoms with E-state index in [0.717, 1.165) is 57.1 Å². The zero-order valence-corrected chi connectivity index (χ0v) is 20.4. The van der Waals surface area contributed by atoms with Gasteiger partial charge < -0.3 is 14.8 Å². The van der Waals surface area contributed by atoms with Crippen LogP contribution in [0.1, 0.15) is 96.3 Å². The van der Waals surface area contributed by atoms with Crippen LogP contribution in [0.25, 0.3) is 0 Å². The largest absolute Gasteiger partial charge is 0.490 e. The molecule has 0 atom stereocenters. The number of amides is 1. The molecule has 0 aliphatic carbocycles. The Labute approximate surface area is 190 Å². The molecule has 1 aromatic carbocycles. The Morgan fingerprint density at radius 2 is 1.55 bits per heavy atom. The average molecular weight is 430 g/mol. The summed E-state index contributed by atoms with van der Waals surface area (Å²) < 4.78 is 11.9. The van der Waals surface area contributed by atoms with Gasteiger partial charge in [0.25, 0.3) is 5.91 Å². The standard InChI is InChI=1S/C27H43NO3/c1-6-8-10-19-30-25-16-15-24(21-26(25)31-20-11-9-7-2)27(29)28-18-17-23(5)14-12-13-22(3)4/h13,15-17,21H,6-12,14,18-20H2,1-5H3,(H,28,29)/b23-17+. The summed E-state index contributed by atoms with van der Waals surface area (Å²) in [5.74, 6) is 1.29. The summed E-state index contributed by atoms with van der Waals surface area (Å²) in [5, 5.41) is 2.98. The third-order valence-corrected chi connectivity index (χ3v) is 5.02. The summed E-state index contributed by atoms with van der Waals surface area (Å²) in [4.78, 5) is 12.6. The minimum Gasteiger partial charge on any atom is -0.490 e. The highest BCUT2D eigenvalue weighted by Gasteiger charge is 2.12. The van der Waals surface area contributed by atoms with Crippen molar-refractivity contribution in [1.82, 2.24) is 5.32 Å². The molecule has 1 rings (SSSR count). The maximum absolute atomic E-state index is 12.6. The Morgan fingerprint density at radius 3 is 2.16 bits per heavy atom. The van der Waals surface area contributed by atoms with E-state index in [1.54, 1.807) is 0 Å². The first-order chi connectivity index (χ1) is 15.0. The second-order valence-electron chi connectivity index (χ2n) is 8.35. The van der Waals surface area contributed by atoms with E-state index in [1.165, 1.54) is 11.1 Å². The van der Waals surface area contributed by atoms with E-state index in [4.69, 9.17) is 9.47 Å². The van der Waals surface area contributed by atoms with Crippen LogP contribution < -0.4 is 14.8 Å². The second-order valence-corrected chi connectivity index (χ2v) is 8.35. The molecule has 0 bridgehead atoms. The lowest BCUT2D eigenvalue weighted by molar-refractivity contribution is 0.0957. The van der Waals surface area contributed by atoms with Crippen molar-refractivity contribution in [1.29, 1.82) is 0 Å². The lowest BCUT2D eigenvalue weighted by atomic mass is 10.1. The summed E-state index contributed by atoms with van der Waals surface area (Å²) >= 11 is 0. The van der Waals surface area contributed by atoms with E-state index in [1.807, 2.05) is 18.2 Å². The van der Waals surface area contributed by atoms with Crippen LogP contribution in [0.2, 0.25) is 0 Å². The Bertz CT molecular complexity index is 702. The molecule has 0 aliphatic rings. The van der Waals surface area contributed by atoms with Crippen LogP contribution in [0.5, 0.6) is 11.5 Å². The molecule has 0 spiro atoms. The third kappa shape index (κ3) is 12.3. The number of carbonyl (C=O) groups excluding carboxylic acids is 1. The number of unbranched alkanes of at least 4 members (excludes halogenated alkanes) is 4. The number of hydrogen-bond donors (Lipinski definition) is 1. The highest BCUT2D eigenvalue weighted by molar-refractivity contribution is 5.95. The Hall–Kier alpha value is -2.23. The van der Waals surface area contributed by atoms with Crippen molar-refractivity contribution in [3.63, 3.8) is 0 Å². The van der Waals surface area contributed by atoms with Crippen LogP contribution in [-0.4, -0.2) is 25.7 Å². The molecule has 0 radical (unpaired) electrons. The number of carbonyl (C=O) groups is 1. The normalized spacial score (nSPS) is 11.2. The predicted molar refractivity (Wildman–Crippen MR) is 131 cm³/mol. The van der Waals surface area contributed by atoms with Crippen LogP contribution in [0.3, 0.4) is 0 Å². The van der Waals surface area contributed by atoms with Crippen molar-refractivity contribution in [3.8, 4) is 11.5 Å². The van der Waals surface area contributed by atoms with Gasteiger partial charge in [-0.2, -0.15) is 0 Å². The van der Waals surface area contributed by atoms with Gasteiger partial charge in [0.2, 0.25) is 0 Å². The Balaban J connectivity index is 2.69. The lowest BCUT2D eigenvalue weighted by Gasteiger charge is -2.14. The molecule has 1 N–H and O–H groups in total. The number of ether oxygens (including phenoxy) is 2. The fraction of sp³-hybridized carbons (Fsp3) is 0.593. The first-order valence-electron chi connectivity index (χ1n) is 11.9. The van der Waals surface area contributed by atoms with Gasteiger partial charge in [0, 0.05) is 12.1 Å². The molecular formula is C27H43NO3. The minimum atomic E-state index is -0.0933. The van der Waals surface area contributed by atoms with E-state index >= 15 is 0 Å². The van der Waals surface area contributed by atoms with Gasteiger partial charge in [-0.15, -0.1) is 0 Å². The molecule has 31 heavy (non-hydrogen) atoms. The molecule has 0 saturated carbocycles. The molecule has 1 amide bonds. The Morgan fingerprint density at radius 1 is 0.903 bits per heavy atom. The smallest absolute Gasteiger partial charge is 0.251 e. The number of nitrogens with one attached hydrogen (secondary N) is 1. The van der Waals surface area contributed by atoms with Gasteiger partial charge in [-0.1, -0.05) is 62.8 Å². The van der Waals surface area contributed by atoms with Gasteiger partial charge in [0.1, 0.15) is 0 Å². The number of rotatable bonds is 16. The maximum Gasteiger partial charge on any atom is 0.251 e. The monoisotopic (exact) mass is 429 g/mol.